The number of hydrogen-bond acceptors (Lipinski definition) is 4. The predicted octanol–water partition coefficient (Wildman–Crippen LogP) is 9.87. The molecule has 0 N–H and O–H groups in total. The number of anilines is 3. The first-order valence-electron chi connectivity index (χ1n) is 12.0. The second-order valence-corrected chi connectivity index (χ2v) is 11.0. The Morgan fingerprint density at radius 2 is 1.36 bits per heavy atom. The van der Waals surface area contributed by atoms with Crippen LogP contribution in [0.15, 0.2) is 124 Å². The van der Waals surface area contributed by atoms with E-state index in [2.05, 4.69) is 126 Å². The van der Waals surface area contributed by atoms with Crippen LogP contribution in [0.2, 0.25) is 0 Å². The van der Waals surface area contributed by atoms with Crippen LogP contribution in [-0.2, 0) is 0 Å². The molecule has 3 heterocycles. The topological polar surface area (TPSA) is 16.1 Å². The third-order valence-corrected chi connectivity index (χ3v) is 8.66. The zero-order valence-corrected chi connectivity index (χ0v) is 21.3. The lowest BCUT2D eigenvalue weighted by Crippen LogP contribution is -2.15. The molecule has 0 atom stereocenters. The van der Waals surface area contributed by atoms with Gasteiger partial charge in [-0.05, 0) is 54.8 Å². The average molecular weight is 499 g/mol. The fourth-order valence-electron chi connectivity index (χ4n) is 4.89. The first kappa shape index (κ1) is 21.4. The Morgan fingerprint density at radius 3 is 2.06 bits per heavy atom. The molecule has 4 aromatic carbocycles. The van der Waals surface area contributed by atoms with Crippen LogP contribution in [0.5, 0.6) is 0 Å². The molecule has 4 heteroatoms. The lowest BCUT2D eigenvalue weighted by atomic mass is 10.0. The van der Waals surface area contributed by atoms with Gasteiger partial charge in [0.2, 0.25) is 0 Å². The Bertz CT molecular complexity index is 1670. The van der Waals surface area contributed by atoms with Crippen molar-refractivity contribution in [1.82, 2.24) is 4.98 Å². The summed E-state index contributed by atoms with van der Waals surface area (Å²) in [6.45, 7) is 2.12. The minimum Gasteiger partial charge on any atom is -0.306 e. The van der Waals surface area contributed by atoms with Gasteiger partial charge >= 0.3 is 0 Å². The summed E-state index contributed by atoms with van der Waals surface area (Å²) in [5.74, 6) is 0. The molecule has 6 aromatic rings. The maximum atomic E-state index is 5.32. The molecule has 0 amide bonds. The van der Waals surface area contributed by atoms with E-state index in [-0.39, 0.29) is 0 Å². The van der Waals surface area contributed by atoms with Gasteiger partial charge < -0.3 is 4.90 Å². The van der Waals surface area contributed by atoms with E-state index in [9.17, 15) is 0 Å². The number of rotatable bonds is 3. The molecule has 7 rings (SSSR count). The summed E-state index contributed by atoms with van der Waals surface area (Å²) in [4.78, 5) is 11.5. The van der Waals surface area contributed by atoms with E-state index in [1.165, 1.54) is 42.6 Å². The van der Waals surface area contributed by atoms with Crippen molar-refractivity contribution < 1.29 is 0 Å². The summed E-state index contributed by atoms with van der Waals surface area (Å²) in [6.07, 6.45) is 0. The van der Waals surface area contributed by atoms with Gasteiger partial charge in [-0.25, -0.2) is 4.98 Å². The van der Waals surface area contributed by atoms with Crippen molar-refractivity contribution in [2.45, 2.75) is 16.7 Å². The average Bonchev–Trinajstić information content (AvgIpc) is 3.46. The van der Waals surface area contributed by atoms with Gasteiger partial charge in [0.1, 0.15) is 0 Å². The van der Waals surface area contributed by atoms with E-state index in [4.69, 9.17) is 4.98 Å². The van der Waals surface area contributed by atoms with E-state index in [1.54, 1.807) is 11.3 Å². The molecule has 0 spiro atoms. The Labute approximate surface area is 218 Å². The number of hydrogen-bond donors (Lipinski definition) is 0. The van der Waals surface area contributed by atoms with Gasteiger partial charge in [0, 0.05) is 31.2 Å². The van der Waals surface area contributed by atoms with E-state index in [1.807, 2.05) is 11.8 Å². The Kier molecular flexibility index (Phi) is 5.16. The number of pyridine rings is 1. The highest BCUT2D eigenvalue weighted by Gasteiger charge is 2.26. The van der Waals surface area contributed by atoms with Crippen molar-refractivity contribution in [3.63, 3.8) is 0 Å². The fraction of sp³-hybridized carbons (Fsp3) is 0.0312. The zero-order valence-electron chi connectivity index (χ0n) is 19.7. The van der Waals surface area contributed by atoms with Crippen molar-refractivity contribution in [3.8, 4) is 21.7 Å². The first-order chi connectivity index (χ1) is 17.8. The quantitative estimate of drug-likeness (QED) is 0.241. The molecule has 2 nitrogen and oxygen atoms in total. The molecule has 1 aliphatic rings. The summed E-state index contributed by atoms with van der Waals surface area (Å²) < 4.78 is 0. The smallest absolute Gasteiger partial charge is 0.0956 e. The van der Waals surface area contributed by atoms with Gasteiger partial charge in [0.25, 0.3) is 0 Å². The third kappa shape index (κ3) is 3.53. The zero-order chi connectivity index (χ0) is 24.1. The van der Waals surface area contributed by atoms with Crippen molar-refractivity contribution in [2.24, 2.45) is 0 Å². The standard InChI is InChI=1S/C32H22N2S2/c1-21-15-17-22(18-16-21)25-20-24(29-14-7-19-35-29)23-8-6-11-28(32(23)33-25)34-26-9-2-4-12-30(26)36-31-13-5-3-10-27(31)34/h2-20H,1H3. The molecule has 0 bridgehead atoms. The second kappa shape index (κ2) is 8.66. The maximum absolute atomic E-state index is 5.32. The van der Waals surface area contributed by atoms with Crippen LogP contribution in [0, 0.1) is 6.92 Å². The van der Waals surface area contributed by atoms with Crippen LogP contribution in [0.3, 0.4) is 0 Å². The molecule has 0 saturated heterocycles. The Balaban J connectivity index is 1.55. The minimum absolute atomic E-state index is 0.992. The predicted molar refractivity (Wildman–Crippen MR) is 154 cm³/mol. The normalized spacial score (nSPS) is 12.4. The number of aryl methyl sites for hydroxylation is 1. The number of fused-ring (bicyclic) bond motifs is 3. The monoisotopic (exact) mass is 498 g/mol. The Hall–Kier alpha value is -3.86. The van der Waals surface area contributed by atoms with Gasteiger partial charge in [-0.15, -0.1) is 11.3 Å². The van der Waals surface area contributed by atoms with Gasteiger partial charge in [-0.3, -0.25) is 0 Å². The fourth-order valence-corrected chi connectivity index (χ4v) is 6.70. The van der Waals surface area contributed by atoms with Crippen molar-refractivity contribution >= 4 is 51.1 Å². The highest BCUT2D eigenvalue weighted by Crippen LogP contribution is 2.52. The summed E-state index contributed by atoms with van der Waals surface area (Å²) in [7, 11) is 0. The van der Waals surface area contributed by atoms with E-state index in [0.717, 1.165) is 22.5 Å². The number of nitrogens with zero attached hydrogens (tertiary/aromatic N) is 2. The molecule has 1 aliphatic heterocycles. The third-order valence-electron chi connectivity index (χ3n) is 6.63. The molecule has 2 aromatic heterocycles. The highest BCUT2D eigenvalue weighted by molar-refractivity contribution is 7.99. The van der Waals surface area contributed by atoms with Crippen LogP contribution in [-0.4, -0.2) is 4.98 Å². The second-order valence-electron chi connectivity index (χ2n) is 8.94. The summed E-state index contributed by atoms with van der Waals surface area (Å²) in [5.41, 5.74) is 9.08. The maximum Gasteiger partial charge on any atom is 0.0956 e. The molecule has 36 heavy (non-hydrogen) atoms. The van der Waals surface area contributed by atoms with Crippen LogP contribution in [0.25, 0.3) is 32.6 Å². The van der Waals surface area contributed by atoms with Crippen LogP contribution in [0.4, 0.5) is 17.1 Å². The van der Waals surface area contributed by atoms with Crippen LogP contribution < -0.4 is 4.90 Å². The van der Waals surface area contributed by atoms with Crippen molar-refractivity contribution in [1.29, 1.82) is 0 Å². The number of benzene rings is 4. The van der Waals surface area contributed by atoms with Gasteiger partial charge in [-0.1, -0.05) is 84.1 Å². The lowest BCUT2D eigenvalue weighted by molar-refractivity contribution is 1.17. The van der Waals surface area contributed by atoms with Crippen molar-refractivity contribution in [2.75, 3.05) is 4.90 Å². The number of thiophene rings is 1. The van der Waals surface area contributed by atoms with E-state index in [0.29, 0.717) is 0 Å². The van der Waals surface area contributed by atoms with Gasteiger partial charge in [0.15, 0.2) is 0 Å². The van der Waals surface area contributed by atoms with Crippen LogP contribution >= 0.6 is 23.1 Å². The summed E-state index contributed by atoms with van der Waals surface area (Å²) in [5, 5.41) is 3.31. The molecular weight excluding hydrogens is 477 g/mol. The molecule has 0 unspecified atom stereocenters. The number of para-hydroxylation sites is 3. The molecular formula is C32H22N2S2. The van der Waals surface area contributed by atoms with E-state index < -0.39 is 0 Å². The lowest BCUT2D eigenvalue weighted by Gasteiger charge is -2.33. The first-order valence-corrected chi connectivity index (χ1v) is 13.7. The SMILES string of the molecule is Cc1ccc(-c2cc(-c3cccs3)c3cccc(N4c5ccccc5Sc5ccccc54)c3n2)cc1. The highest BCUT2D eigenvalue weighted by atomic mass is 32.2. The molecule has 0 aliphatic carbocycles. The van der Waals surface area contributed by atoms with Gasteiger partial charge in [0.05, 0.1) is 28.3 Å². The van der Waals surface area contributed by atoms with E-state index >= 15 is 0 Å². The number of aromatic nitrogens is 1. The largest absolute Gasteiger partial charge is 0.306 e. The van der Waals surface area contributed by atoms with Crippen molar-refractivity contribution in [3.05, 3.63) is 120 Å². The molecule has 0 radical (unpaired) electrons. The minimum atomic E-state index is 0.992. The molecule has 0 fully saturated rings. The van der Waals surface area contributed by atoms with Crippen LogP contribution in [0.1, 0.15) is 5.56 Å². The Morgan fingerprint density at radius 1 is 0.667 bits per heavy atom. The summed E-state index contributed by atoms with van der Waals surface area (Å²) >= 11 is 3.60. The molecule has 0 saturated carbocycles. The molecule has 172 valence electrons. The van der Waals surface area contributed by atoms with Gasteiger partial charge in [-0.2, -0.15) is 0 Å². The summed E-state index contributed by atoms with van der Waals surface area (Å²) in [6, 6.07) is 39.1.